The highest BCUT2D eigenvalue weighted by atomic mass is 16.5. The first-order valence-electron chi connectivity index (χ1n) is 10.9. The van der Waals surface area contributed by atoms with Crippen molar-refractivity contribution in [3.05, 3.63) is 30.1 Å². The Bertz CT molecular complexity index is 724. The molecule has 7 heteroatoms. The van der Waals surface area contributed by atoms with Gasteiger partial charge < -0.3 is 14.5 Å². The summed E-state index contributed by atoms with van der Waals surface area (Å²) in [5.41, 5.74) is 0.928. The third-order valence-corrected chi connectivity index (χ3v) is 5.65. The smallest absolute Gasteiger partial charge is 0.328 e. The molecule has 30 heavy (non-hydrogen) atoms. The molecule has 164 valence electrons. The van der Waals surface area contributed by atoms with E-state index in [-0.39, 0.29) is 29.8 Å². The number of carbonyl (C=O) groups excluding carboxylic acids is 2. The Labute approximate surface area is 180 Å². The number of nitrogens with zero attached hydrogens (tertiary/aromatic N) is 4. The zero-order valence-electron chi connectivity index (χ0n) is 18.6. The number of likely N-dealkylation sites (N-methyl/N-ethyl adjacent to an activating group) is 1. The highest BCUT2D eigenvalue weighted by Gasteiger charge is 2.34. The number of nitriles is 1. The molecule has 2 amide bonds. The SMILES string of the molecule is CCCOC(=O)[C@H](CC(C)C)N(C)C(=O)N1CCC(C(C#N)c2cccnc2)CC1. The minimum absolute atomic E-state index is 0.151. The summed E-state index contributed by atoms with van der Waals surface area (Å²) in [5.74, 6) is -0.0978. The fourth-order valence-corrected chi connectivity index (χ4v) is 3.95. The zero-order valence-corrected chi connectivity index (χ0v) is 18.6. The zero-order chi connectivity index (χ0) is 22.1. The molecule has 0 aromatic carbocycles. The van der Waals surface area contributed by atoms with Crippen LogP contribution >= 0.6 is 0 Å². The van der Waals surface area contributed by atoms with Crippen LogP contribution in [0.2, 0.25) is 0 Å². The van der Waals surface area contributed by atoms with Crippen LogP contribution in [0.5, 0.6) is 0 Å². The van der Waals surface area contributed by atoms with Crippen LogP contribution in [0.15, 0.2) is 24.5 Å². The fourth-order valence-electron chi connectivity index (χ4n) is 3.95. The van der Waals surface area contributed by atoms with Crippen molar-refractivity contribution >= 4 is 12.0 Å². The van der Waals surface area contributed by atoms with Crippen LogP contribution in [0.3, 0.4) is 0 Å². The van der Waals surface area contributed by atoms with Gasteiger partial charge in [0.05, 0.1) is 18.6 Å². The first kappa shape index (κ1) is 23.7. The lowest BCUT2D eigenvalue weighted by Gasteiger charge is -2.38. The first-order valence-corrected chi connectivity index (χ1v) is 10.9. The molecule has 2 rings (SSSR count). The highest BCUT2D eigenvalue weighted by molar-refractivity contribution is 5.83. The van der Waals surface area contributed by atoms with Gasteiger partial charge >= 0.3 is 12.0 Å². The number of pyridine rings is 1. The highest BCUT2D eigenvalue weighted by Crippen LogP contribution is 2.32. The van der Waals surface area contributed by atoms with Crippen molar-refractivity contribution in [2.45, 2.75) is 58.4 Å². The monoisotopic (exact) mass is 414 g/mol. The Morgan fingerprint density at radius 3 is 2.60 bits per heavy atom. The predicted octanol–water partition coefficient (Wildman–Crippen LogP) is 3.82. The minimum atomic E-state index is -0.580. The molecule has 1 fully saturated rings. The lowest BCUT2D eigenvalue weighted by atomic mass is 9.81. The van der Waals surface area contributed by atoms with E-state index in [0.717, 1.165) is 24.8 Å². The van der Waals surface area contributed by atoms with Gasteiger partial charge in [-0.05, 0) is 49.1 Å². The van der Waals surface area contributed by atoms with E-state index in [1.165, 1.54) is 4.90 Å². The van der Waals surface area contributed by atoms with Gasteiger partial charge in [0, 0.05) is 32.5 Å². The number of amides is 2. The largest absolute Gasteiger partial charge is 0.464 e. The number of rotatable bonds is 8. The number of hydrogen-bond acceptors (Lipinski definition) is 5. The lowest BCUT2D eigenvalue weighted by molar-refractivity contribution is -0.149. The van der Waals surface area contributed by atoms with Crippen molar-refractivity contribution in [2.24, 2.45) is 11.8 Å². The maximum Gasteiger partial charge on any atom is 0.328 e. The van der Waals surface area contributed by atoms with Gasteiger partial charge in [-0.25, -0.2) is 9.59 Å². The van der Waals surface area contributed by atoms with Gasteiger partial charge in [-0.15, -0.1) is 0 Å². The number of hydrogen-bond donors (Lipinski definition) is 0. The molecule has 0 aliphatic carbocycles. The van der Waals surface area contributed by atoms with Crippen molar-refractivity contribution in [1.29, 1.82) is 5.26 Å². The van der Waals surface area contributed by atoms with Crippen molar-refractivity contribution < 1.29 is 14.3 Å². The van der Waals surface area contributed by atoms with Crippen molar-refractivity contribution in [2.75, 3.05) is 26.7 Å². The first-order chi connectivity index (χ1) is 14.4. The summed E-state index contributed by atoms with van der Waals surface area (Å²) >= 11 is 0. The standard InChI is InChI=1S/C23H34N4O3/c1-5-13-30-22(28)21(14-17(2)3)26(4)23(29)27-11-8-18(9-12-27)20(15-24)19-7-6-10-25-16-19/h6-7,10,16-18,20-21H,5,8-9,11-14H2,1-4H3/t20?,21-/m0/s1. The summed E-state index contributed by atoms with van der Waals surface area (Å²) in [4.78, 5) is 33.1. The molecule has 1 aliphatic rings. The Morgan fingerprint density at radius 2 is 2.07 bits per heavy atom. The van der Waals surface area contributed by atoms with E-state index in [1.807, 2.05) is 32.9 Å². The van der Waals surface area contributed by atoms with Crippen LogP contribution < -0.4 is 0 Å². The quantitative estimate of drug-likeness (QED) is 0.604. The van der Waals surface area contributed by atoms with Crippen molar-refractivity contribution in [3.8, 4) is 6.07 Å². The van der Waals surface area contributed by atoms with Crippen molar-refractivity contribution in [3.63, 3.8) is 0 Å². The number of piperidine rings is 1. The molecular formula is C23H34N4O3. The number of urea groups is 1. The molecule has 0 N–H and O–H groups in total. The van der Waals surface area contributed by atoms with E-state index in [4.69, 9.17) is 4.74 Å². The Hall–Kier alpha value is -2.62. The van der Waals surface area contributed by atoms with E-state index >= 15 is 0 Å². The van der Waals surface area contributed by atoms with E-state index in [1.54, 1.807) is 24.3 Å². The number of likely N-dealkylation sites (tertiary alicyclic amines) is 1. The molecule has 0 saturated carbocycles. The minimum Gasteiger partial charge on any atom is -0.464 e. The molecule has 1 aromatic rings. The molecule has 2 heterocycles. The molecule has 1 unspecified atom stereocenters. The second-order valence-electron chi connectivity index (χ2n) is 8.42. The van der Waals surface area contributed by atoms with Gasteiger partial charge in [-0.2, -0.15) is 5.26 Å². The second kappa shape index (κ2) is 11.5. The summed E-state index contributed by atoms with van der Waals surface area (Å²) in [6, 6.07) is 5.47. The summed E-state index contributed by atoms with van der Waals surface area (Å²) in [6.07, 6.45) is 6.27. The van der Waals surface area contributed by atoms with Crippen molar-refractivity contribution in [1.82, 2.24) is 14.8 Å². The predicted molar refractivity (Wildman–Crippen MR) is 115 cm³/mol. The van der Waals surface area contributed by atoms with Gasteiger partial charge in [-0.1, -0.05) is 26.8 Å². The molecule has 0 bridgehead atoms. The Balaban J connectivity index is 2.00. The van der Waals surface area contributed by atoms with E-state index < -0.39 is 6.04 Å². The lowest BCUT2D eigenvalue weighted by Crippen LogP contribution is -2.52. The number of ether oxygens (including phenoxy) is 1. The summed E-state index contributed by atoms with van der Waals surface area (Å²) in [6.45, 7) is 7.53. The molecule has 1 aliphatic heterocycles. The number of aromatic nitrogens is 1. The van der Waals surface area contributed by atoms with Gasteiger partial charge in [0.1, 0.15) is 6.04 Å². The van der Waals surface area contributed by atoms with Crippen LogP contribution in [-0.4, -0.2) is 59.6 Å². The average Bonchev–Trinajstić information content (AvgIpc) is 2.76. The maximum atomic E-state index is 13.1. The van der Waals surface area contributed by atoms with Crippen LogP contribution in [0.1, 0.15) is 57.9 Å². The van der Waals surface area contributed by atoms with E-state index in [9.17, 15) is 14.9 Å². The molecule has 1 aromatic heterocycles. The van der Waals surface area contributed by atoms with Gasteiger partial charge in [0.25, 0.3) is 0 Å². The van der Waals surface area contributed by atoms with Crippen LogP contribution in [0.25, 0.3) is 0 Å². The van der Waals surface area contributed by atoms with Gasteiger partial charge in [-0.3, -0.25) is 4.98 Å². The van der Waals surface area contributed by atoms with Crippen LogP contribution in [-0.2, 0) is 9.53 Å². The molecule has 1 saturated heterocycles. The molecular weight excluding hydrogens is 380 g/mol. The molecule has 7 nitrogen and oxygen atoms in total. The van der Waals surface area contributed by atoms with E-state index in [2.05, 4.69) is 11.1 Å². The number of carbonyl (C=O) groups is 2. The maximum absolute atomic E-state index is 13.1. The topological polar surface area (TPSA) is 86.5 Å². The Morgan fingerprint density at radius 1 is 1.37 bits per heavy atom. The number of esters is 1. The average molecular weight is 415 g/mol. The second-order valence-corrected chi connectivity index (χ2v) is 8.42. The van der Waals surface area contributed by atoms with Gasteiger partial charge in [0.15, 0.2) is 0 Å². The molecule has 0 radical (unpaired) electrons. The Kier molecular flexibility index (Phi) is 9.10. The van der Waals surface area contributed by atoms with Crippen LogP contribution in [0.4, 0.5) is 4.79 Å². The third-order valence-electron chi connectivity index (χ3n) is 5.65. The van der Waals surface area contributed by atoms with E-state index in [0.29, 0.717) is 26.1 Å². The normalized spacial score (nSPS) is 16.6. The third kappa shape index (κ3) is 6.19. The van der Waals surface area contributed by atoms with Crippen LogP contribution in [0, 0.1) is 23.2 Å². The van der Waals surface area contributed by atoms with Gasteiger partial charge in [0.2, 0.25) is 0 Å². The summed E-state index contributed by atoms with van der Waals surface area (Å²) in [5, 5.41) is 9.67. The molecule has 2 atom stereocenters. The fraction of sp³-hybridized carbons (Fsp3) is 0.652. The summed E-state index contributed by atoms with van der Waals surface area (Å²) < 4.78 is 5.33. The molecule has 0 spiro atoms. The summed E-state index contributed by atoms with van der Waals surface area (Å²) in [7, 11) is 1.68.